The first kappa shape index (κ1) is 12.6. The molecule has 0 aromatic heterocycles. The summed E-state index contributed by atoms with van der Waals surface area (Å²) in [5.74, 6) is 1.02. The summed E-state index contributed by atoms with van der Waals surface area (Å²) in [7, 11) is 0. The topological polar surface area (TPSA) is 39.1 Å². The molecular formula is C15H18FN3. The fourth-order valence-corrected chi connectivity index (χ4v) is 3.47. The Kier molecular flexibility index (Phi) is 3.26. The molecule has 1 N–H and O–H groups in total. The monoisotopic (exact) mass is 259 g/mol. The molecule has 0 bridgehead atoms. The summed E-state index contributed by atoms with van der Waals surface area (Å²) in [5.41, 5.74) is 0.782. The summed E-state index contributed by atoms with van der Waals surface area (Å²) >= 11 is 0. The summed E-state index contributed by atoms with van der Waals surface area (Å²) in [6.45, 7) is 6.00. The summed E-state index contributed by atoms with van der Waals surface area (Å²) in [5, 5.41) is 12.3. The number of nitriles is 1. The van der Waals surface area contributed by atoms with Crippen molar-refractivity contribution < 1.29 is 4.39 Å². The zero-order valence-electron chi connectivity index (χ0n) is 11.1. The number of likely N-dealkylation sites (tertiary alicyclic amines) is 1. The lowest BCUT2D eigenvalue weighted by atomic mass is 9.95. The molecule has 4 heteroatoms. The minimum Gasteiger partial charge on any atom is -0.316 e. The van der Waals surface area contributed by atoms with E-state index >= 15 is 0 Å². The van der Waals surface area contributed by atoms with Crippen molar-refractivity contribution in [3.8, 4) is 6.07 Å². The molecule has 2 saturated heterocycles. The first-order valence-corrected chi connectivity index (χ1v) is 6.83. The van der Waals surface area contributed by atoms with E-state index in [0.717, 1.165) is 19.6 Å². The van der Waals surface area contributed by atoms with Crippen LogP contribution in [0, 0.1) is 29.0 Å². The summed E-state index contributed by atoms with van der Waals surface area (Å²) in [4.78, 5) is 2.34. The van der Waals surface area contributed by atoms with Crippen molar-refractivity contribution in [3.63, 3.8) is 0 Å². The predicted octanol–water partition coefficient (Wildman–Crippen LogP) is 1.74. The normalized spacial score (nSPS) is 30.3. The van der Waals surface area contributed by atoms with E-state index in [1.165, 1.54) is 6.07 Å². The highest BCUT2D eigenvalue weighted by Crippen LogP contribution is 2.33. The highest BCUT2D eigenvalue weighted by Gasteiger charge is 2.41. The molecule has 0 amide bonds. The van der Waals surface area contributed by atoms with Crippen molar-refractivity contribution in [2.24, 2.45) is 11.8 Å². The van der Waals surface area contributed by atoms with Crippen molar-refractivity contribution in [3.05, 3.63) is 35.1 Å². The second-order valence-electron chi connectivity index (χ2n) is 5.64. The number of benzene rings is 1. The van der Waals surface area contributed by atoms with E-state index in [2.05, 4.69) is 17.1 Å². The van der Waals surface area contributed by atoms with Gasteiger partial charge in [-0.3, -0.25) is 4.90 Å². The van der Waals surface area contributed by atoms with Crippen LogP contribution in [0.25, 0.3) is 0 Å². The van der Waals surface area contributed by atoms with Crippen LogP contribution in [0.1, 0.15) is 18.1 Å². The largest absolute Gasteiger partial charge is 0.316 e. The number of rotatable bonds is 2. The smallest absolute Gasteiger partial charge is 0.145 e. The SMILES string of the molecule is CC1C2CNCC2CN1Cc1cccc(C#N)c1F. The first-order chi connectivity index (χ1) is 9.20. The van der Waals surface area contributed by atoms with Gasteiger partial charge >= 0.3 is 0 Å². The van der Waals surface area contributed by atoms with Crippen molar-refractivity contribution in [2.45, 2.75) is 19.5 Å². The minimum absolute atomic E-state index is 0.145. The lowest BCUT2D eigenvalue weighted by Crippen LogP contribution is -2.33. The molecule has 2 heterocycles. The zero-order chi connectivity index (χ0) is 13.4. The summed E-state index contributed by atoms with van der Waals surface area (Å²) in [6.07, 6.45) is 0. The highest BCUT2D eigenvalue weighted by atomic mass is 19.1. The molecule has 3 nitrogen and oxygen atoms in total. The molecule has 19 heavy (non-hydrogen) atoms. The van der Waals surface area contributed by atoms with E-state index in [1.54, 1.807) is 12.1 Å². The van der Waals surface area contributed by atoms with Gasteiger partial charge in [-0.15, -0.1) is 0 Å². The summed E-state index contributed by atoms with van der Waals surface area (Å²) in [6, 6.07) is 7.47. The molecule has 2 aliphatic heterocycles. The third kappa shape index (κ3) is 2.13. The number of halogens is 1. The zero-order valence-corrected chi connectivity index (χ0v) is 11.1. The van der Waals surface area contributed by atoms with Gasteiger partial charge in [0.2, 0.25) is 0 Å². The van der Waals surface area contributed by atoms with E-state index in [1.807, 2.05) is 6.07 Å². The second-order valence-corrected chi connectivity index (χ2v) is 5.64. The minimum atomic E-state index is -0.354. The molecule has 3 unspecified atom stereocenters. The quantitative estimate of drug-likeness (QED) is 0.879. The molecular weight excluding hydrogens is 241 g/mol. The Morgan fingerprint density at radius 1 is 1.47 bits per heavy atom. The van der Waals surface area contributed by atoms with Crippen LogP contribution in [-0.2, 0) is 6.54 Å². The van der Waals surface area contributed by atoms with Gasteiger partial charge in [0, 0.05) is 24.7 Å². The molecule has 2 fully saturated rings. The van der Waals surface area contributed by atoms with E-state index in [0.29, 0.717) is 30.0 Å². The van der Waals surface area contributed by atoms with Crippen molar-refractivity contribution in [1.29, 1.82) is 5.26 Å². The van der Waals surface area contributed by atoms with Gasteiger partial charge in [-0.2, -0.15) is 5.26 Å². The van der Waals surface area contributed by atoms with Crippen LogP contribution in [0.2, 0.25) is 0 Å². The molecule has 3 atom stereocenters. The van der Waals surface area contributed by atoms with Crippen molar-refractivity contribution in [2.75, 3.05) is 19.6 Å². The van der Waals surface area contributed by atoms with Crippen molar-refractivity contribution >= 4 is 0 Å². The van der Waals surface area contributed by atoms with Gasteiger partial charge in [0.1, 0.15) is 11.9 Å². The molecule has 1 aromatic carbocycles. The van der Waals surface area contributed by atoms with Gasteiger partial charge in [-0.1, -0.05) is 12.1 Å². The van der Waals surface area contributed by atoms with Crippen LogP contribution in [0.5, 0.6) is 0 Å². The Balaban J connectivity index is 1.78. The first-order valence-electron chi connectivity index (χ1n) is 6.83. The Labute approximate surface area is 113 Å². The molecule has 0 aliphatic carbocycles. The maximum absolute atomic E-state index is 14.1. The maximum atomic E-state index is 14.1. The van der Waals surface area contributed by atoms with E-state index in [-0.39, 0.29) is 11.4 Å². The highest BCUT2D eigenvalue weighted by molar-refractivity contribution is 5.35. The molecule has 0 spiro atoms. The lowest BCUT2D eigenvalue weighted by molar-refractivity contribution is 0.228. The van der Waals surface area contributed by atoms with Gasteiger partial charge in [0.15, 0.2) is 0 Å². The third-order valence-electron chi connectivity index (χ3n) is 4.63. The van der Waals surface area contributed by atoms with Crippen LogP contribution in [0.15, 0.2) is 18.2 Å². The number of fused-ring (bicyclic) bond motifs is 1. The van der Waals surface area contributed by atoms with Crippen LogP contribution in [-0.4, -0.2) is 30.6 Å². The van der Waals surface area contributed by atoms with Crippen LogP contribution in [0.4, 0.5) is 4.39 Å². The van der Waals surface area contributed by atoms with E-state index < -0.39 is 0 Å². The molecule has 0 radical (unpaired) electrons. The number of nitrogens with one attached hydrogen (secondary N) is 1. The van der Waals surface area contributed by atoms with Crippen LogP contribution >= 0.6 is 0 Å². The number of hydrogen-bond donors (Lipinski definition) is 1. The van der Waals surface area contributed by atoms with Gasteiger partial charge in [-0.05, 0) is 37.9 Å². The van der Waals surface area contributed by atoms with Crippen LogP contribution in [0.3, 0.4) is 0 Å². The Bertz CT molecular complexity index is 523. The Morgan fingerprint density at radius 3 is 3.05 bits per heavy atom. The fraction of sp³-hybridized carbons (Fsp3) is 0.533. The molecule has 3 rings (SSSR count). The van der Waals surface area contributed by atoms with Crippen LogP contribution < -0.4 is 5.32 Å². The van der Waals surface area contributed by atoms with Gasteiger partial charge < -0.3 is 5.32 Å². The average molecular weight is 259 g/mol. The van der Waals surface area contributed by atoms with Crippen molar-refractivity contribution in [1.82, 2.24) is 10.2 Å². The molecule has 0 saturated carbocycles. The lowest BCUT2D eigenvalue weighted by Gasteiger charge is -2.24. The maximum Gasteiger partial charge on any atom is 0.145 e. The van der Waals surface area contributed by atoms with Gasteiger partial charge in [0.25, 0.3) is 0 Å². The van der Waals surface area contributed by atoms with Gasteiger partial charge in [-0.25, -0.2) is 4.39 Å². The number of hydrogen-bond acceptors (Lipinski definition) is 3. The van der Waals surface area contributed by atoms with E-state index in [4.69, 9.17) is 5.26 Å². The number of nitrogens with zero attached hydrogens (tertiary/aromatic N) is 2. The molecule has 100 valence electrons. The second kappa shape index (κ2) is 4.92. The predicted molar refractivity (Wildman–Crippen MR) is 70.8 cm³/mol. The fourth-order valence-electron chi connectivity index (χ4n) is 3.47. The summed E-state index contributed by atoms with van der Waals surface area (Å²) < 4.78 is 14.1. The van der Waals surface area contributed by atoms with Gasteiger partial charge in [0.05, 0.1) is 5.56 Å². The van der Waals surface area contributed by atoms with E-state index in [9.17, 15) is 4.39 Å². The average Bonchev–Trinajstić information content (AvgIpc) is 2.97. The molecule has 2 aliphatic rings. The molecule has 1 aromatic rings. The standard InChI is InChI=1S/C15H18FN3/c1-10-14-7-18-6-13(14)9-19(10)8-12-4-2-3-11(5-17)15(12)16/h2-4,10,13-14,18H,6-9H2,1H3. The Morgan fingerprint density at radius 2 is 2.32 bits per heavy atom. The Hall–Kier alpha value is -1.44. The third-order valence-corrected chi connectivity index (χ3v) is 4.63.